The normalized spacial score (nSPS) is 15.7. The van der Waals surface area contributed by atoms with Crippen molar-refractivity contribution in [2.75, 3.05) is 19.6 Å². The number of hydrogen-bond donors (Lipinski definition) is 2. The molecule has 0 spiro atoms. The molecule has 0 bridgehead atoms. The molecule has 6 heteroatoms. The lowest BCUT2D eigenvalue weighted by Gasteiger charge is -2.25. The van der Waals surface area contributed by atoms with Crippen molar-refractivity contribution in [3.05, 3.63) is 59.9 Å². The Hall–Kier alpha value is -2.86. The summed E-state index contributed by atoms with van der Waals surface area (Å²) in [6.07, 6.45) is 9.30. The number of aryl methyl sites for hydroxylation is 1. The lowest BCUT2D eigenvalue weighted by Crippen LogP contribution is -2.39. The topological polar surface area (TPSA) is 74.2 Å². The van der Waals surface area contributed by atoms with Crippen molar-refractivity contribution in [1.82, 2.24) is 20.2 Å². The van der Waals surface area contributed by atoms with E-state index in [1.807, 2.05) is 18.7 Å². The second-order valence-electron chi connectivity index (χ2n) is 7.46. The maximum Gasteiger partial charge on any atom is 0.230 e. The molecule has 0 aliphatic heterocycles. The Labute approximate surface area is 171 Å². The first-order chi connectivity index (χ1) is 14.2. The number of carbonyl (C=O) groups excluding carboxylic acids is 1. The molecule has 4 rings (SSSR count). The molecule has 0 saturated carbocycles. The van der Waals surface area contributed by atoms with Crippen LogP contribution in [0.4, 0.5) is 0 Å². The van der Waals surface area contributed by atoms with Crippen LogP contribution in [-0.4, -0.2) is 40.4 Å². The van der Waals surface area contributed by atoms with Gasteiger partial charge in [0.2, 0.25) is 5.91 Å². The third-order valence-electron chi connectivity index (χ3n) is 5.75. The fraction of sp³-hybridized carbons (Fsp3) is 0.391. The molecular formula is C23H28N4O2. The predicted octanol–water partition coefficient (Wildman–Crippen LogP) is 3.76. The average Bonchev–Trinajstić information content (AvgIpc) is 3.41. The van der Waals surface area contributed by atoms with Crippen molar-refractivity contribution >= 4 is 22.4 Å². The van der Waals surface area contributed by atoms with Crippen LogP contribution in [0.2, 0.25) is 0 Å². The zero-order valence-electron chi connectivity index (χ0n) is 17.1. The highest BCUT2D eigenvalue weighted by molar-refractivity contribution is 5.97. The maximum atomic E-state index is 13.2. The van der Waals surface area contributed by atoms with Gasteiger partial charge in [0.05, 0.1) is 11.6 Å². The molecule has 0 radical (unpaired) electrons. The van der Waals surface area contributed by atoms with E-state index >= 15 is 0 Å². The molecule has 1 unspecified atom stereocenters. The number of aromatic nitrogens is 2. The SMILES string of the molecule is CCN(CC)C(=O)C(/C=C1\CCc2c[nH]c3cccc1c23)CNCc1cocn1. The van der Waals surface area contributed by atoms with Crippen LogP contribution in [0.25, 0.3) is 16.5 Å². The van der Waals surface area contributed by atoms with Gasteiger partial charge in [0.15, 0.2) is 6.39 Å². The van der Waals surface area contributed by atoms with Gasteiger partial charge >= 0.3 is 0 Å². The third-order valence-corrected chi connectivity index (χ3v) is 5.75. The third kappa shape index (κ3) is 3.98. The summed E-state index contributed by atoms with van der Waals surface area (Å²) in [6, 6.07) is 6.37. The molecule has 1 aliphatic carbocycles. The van der Waals surface area contributed by atoms with Gasteiger partial charge < -0.3 is 19.6 Å². The minimum atomic E-state index is -0.215. The van der Waals surface area contributed by atoms with Crippen LogP contribution in [-0.2, 0) is 17.8 Å². The summed E-state index contributed by atoms with van der Waals surface area (Å²) in [4.78, 5) is 22.6. The van der Waals surface area contributed by atoms with E-state index in [1.54, 1.807) is 6.26 Å². The second kappa shape index (κ2) is 8.66. The van der Waals surface area contributed by atoms with Crippen LogP contribution < -0.4 is 5.32 Å². The molecule has 1 aromatic carbocycles. The number of aromatic amines is 1. The smallest absolute Gasteiger partial charge is 0.230 e. The van der Waals surface area contributed by atoms with Crippen LogP contribution >= 0.6 is 0 Å². The van der Waals surface area contributed by atoms with Crippen LogP contribution in [0, 0.1) is 5.92 Å². The van der Waals surface area contributed by atoms with Crippen LogP contribution in [0.5, 0.6) is 0 Å². The van der Waals surface area contributed by atoms with Crippen molar-refractivity contribution in [1.29, 1.82) is 0 Å². The van der Waals surface area contributed by atoms with Gasteiger partial charge in [-0.05, 0) is 49.5 Å². The standard InChI is InChI=1S/C23H28N4O2/c1-3-27(4-2)23(28)18(11-24-13-19-14-29-15-26-19)10-16-8-9-17-12-25-21-7-5-6-20(16)22(17)21/h5-7,10,12,14-15,18,24-25H,3-4,8-9,11,13H2,1-2H3/b16-10+. The van der Waals surface area contributed by atoms with Crippen LogP contribution in [0.1, 0.15) is 37.1 Å². The van der Waals surface area contributed by atoms with Gasteiger partial charge in [-0.3, -0.25) is 4.79 Å². The van der Waals surface area contributed by atoms with Gasteiger partial charge in [-0.25, -0.2) is 4.98 Å². The Kier molecular flexibility index (Phi) is 5.81. The number of nitrogens with zero attached hydrogens (tertiary/aromatic N) is 2. The molecule has 0 fully saturated rings. The van der Waals surface area contributed by atoms with Crippen molar-refractivity contribution in [2.45, 2.75) is 33.2 Å². The largest absolute Gasteiger partial charge is 0.451 e. The molecule has 3 aromatic rings. The first-order valence-corrected chi connectivity index (χ1v) is 10.4. The maximum absolute atomic E-state index is 13.2. The number of carbonyl (C=O) groups is 1. The Bertz CT molecular complexity index is 999. The number of nitrogens with one attached hydrogen (secondary N) is 2. The van der Waals surface area contributed by atoms with Crippen molar-refractivity contribution in [3.8, 4) is 0 Å². The lowest BCUT2D eigenvalue weighted by molar-refractivity contribution is -0.133. The first-order valence-electron chi connectivity index (χ1n) is 10.4. The summed E-state index contributed by atoms with van der Waals surface area (Å²) >= 11 is 0. The summed E-state index contributed by atoms with van der Waals surface area (Å²) < 4.78 is 5.03. The van der Waals surface area contributed by atoms with E-state index in [2.05, 4.69) is 45.8 Å². The Morgan fingerprint density at radius 2 is 2.21 bits per heavy atom. The monoisotopic (exact) mass is 392 g/mol. The summed E-state index contributed by atoms with van der Waals surface area (Å²) in [5.74, 6) is -0.0465. The summed E-state index contributed by atoms with van der Waals surface area (Å²) in [6.45, 7) is 6.65. The molecule has 6 nitrogen and oxygen atoms in total. The van der Waals surface area contributed by atoms with E-state index in [-0.39, 0.29) is 11.8 Å². The molecular weight excluding hydrogens is 364 g/mol. The van der Waals surface area contributed by atoms with Crippen molar-refractivity contribution < 1.29 is 9.21 Å². The highest BCUT2D eigenvalue weighted by Gasteiger charge is 2.24. The van der Waals surface area contributed by atoms with Gasteiger partial charge in [0.25, 0.3) is 0 Å². The highest BCUT2D eigenvalue weighted by Crippen LogP contribution is 2.36. The van der Waals surface area contributed by atoms with E-state index < -0.39 is 0 Å². The average molecular weight is 393 g/mol. The van der Waals surface area contributed by atoms with Crippen molar-refractivity contribution in [2.24, 2.45) is 5.92 Å². The number of benzene rings is 1. The van der Waals surface area contributed by atoms with Crippen LogP contribution in [0.3, 0.4) is 0 Å². The lowest BCUT2D eigenvalue weighted by atomic mass is 9.86. The number of oxazole rings is 1. The molecule has 29 heavy (non-hydrogen) atoms. The van der Waals surface area contributed by atoms with Gasteiger partial charge in [-0.15, -0.1) is 0 Å². The Balaban J connectivity index is 1.61. The minimum Gasteiger partial charge on any atom is -0.451 e. The van der Waals surface area contributed by atoms with Gasteiger partial charge in [-0.1, -0.05) is 18.2 Å². The van der Waals surface area contributed by atoms with E-state index in [9.17, 15) is 4.79 Å². The molecule has 1 amide bonds. The van der Waals surface area contributed by atoms with Gasteiger partial charge in [0.1, 0.15) is 6.26 Å². The van der Waals surface area contributed by atoms with E-state index in [0.29, 0.717) is 13.1 Å². The number of allylic oxidation sites excluding steroid dienone is 1. The number of hydrogen-bond acceptors (Lipinski definition) is 4. The van der Waals surface area contributed by atoms with Crippen molar-refractivity contribution in [3.63, 3.8) is 0 Å². The molecule has 1 aliphatic rings. The number of H-pyrrole nitrogens is 1. The highest BCUT2D eigenvalue weighted by atomic mass is 16.3. The Morgan fingerprint density at radius 1 is 1.34 bits per heavy atom. The summed E-state index contributed by atoms with van der Waals surface area (Å²) in [7, 11) is 0. The van der Waals surface area contributed by atoms with E-state index in [4.69, 9.17) is 4.42 Å². The minimum absolute atomic E-state index is 0.169. The number of rotatable bonds is 8. The molecule has 2 N–H and O–H groups in total. The predicted molar refractivity (Wildman–Crippen MR) is 114 cm³/mol. The van der Waals surface area contributed by atoms with E-state index in [0.717, 1.165) is 31.6 Å². The zero-order valence-corrected chi connectivity index (χ0v) is 17.1. The van der Waals surface area contributed by atoms with E-state index in [1.165, 1.54) is 34.0 Å². The molecule has 0 saturated heterocycles. The second-order valence-corrected chi connectivity index (χ2v) is 7.46. The first kappa shape index (κ1) is 19.5. The summed E-state index contributed by atoms with van der Waals surface area (Å²) in [5, 5.41) is 4.68. The molecule has 1 atom stereocenters. The fourth-order valence-electron chi connectivity index (χ4n) is 4.21. The molecule has 152 valence electrons. The summed E-state index contributed by atoms with van der Waals surface area (Å²) in [5.41, 5.74) is 5.88. The molecule has 2 heterocycles. The quantitative estimate of drug-likeness (QED) is 0.612. The Morgan fingerprint density at radius 3 is 2.97 bits per heavy atom. The van der Waals surface area contributed by atoms with Gasteiger partial charge in [-0.2, -0.15) is 0 Å². The fourth-order valence-corrected chi connectivity index (χ4v) is 4.21. The van der Waals surface area contributed by atoms with Crippen LogP contribution in [0.15, 0.2) is 47.5 Å². The molecule has 2 aromatic heterocycles. The van der Waals surface area contributed by atoms with Gasteiger partial charge in [0, 0.05) is 43.3 Å². The zero-order chi connectivity index (χ0) is 20.2. The number of amides is 1.